The molecule has 1 saturated heterocycles. The minimum Gasteiger partial charge on any atom is -0.389 e. The minimum atomic E-state index is -3.32. The van der Waals surface area contributed by atoms with Gasteiger partial charge in [-0.05, 0) is 30.2 Å². The number of nitrogens with one attached hydrogen (secondary N) is 1. The second kappa shape index (κ2) is 6.89. The Balaban J connectivity index is 2.03. The van der Waals surface area contributed by atoms with Crippen molar-refractivity contribution in [2.45, 2.75) is 24.6 Å². The summed E-state index contributed by atoms with van der Waals surface area (Å²) in [6, 6.07) is 7.12. The molecule has 1 heterocycles. The van der Waals surface area contributed by atoms with Gasteiger partial charge in [-0.2, -0.15) is 11.8 Å². The van der Waals surface area contributed by atoms with E-state index < -0.39 is 10.0 Å². The van der Waals surface area contributed by atoms with Crippen LogP contribution < -0.4 is 10.5 Å². The summed E-state index contributed by atoms with van der Waals surface area (Å²) in [5.41, 5.74) is 6.95. The van der Waals surface area contributed by atoms with Crippen molar-refractivity contribution in [2.24, 2.45) is 5.73 Å². The number of rotatable bonds is 5. The SMILES string of the molecule is NC(=S)c1cccc(CS(=O)(=O)NC2CCCSC2)c1. The zero-order valence-corrected chi connectivity index (χ0v) is 13.5. The molecular weight excluding hydrogens is 312 g/mol. The summed E-state index contributed by atoms with van der Waals surface area (Å²) in [5, 5.41) is 0. The zero-order chi connectivity index (χ0) is 14.6. The van der Waals surface area contributed by atoms with Crippen LogP contribution in [0.5, 0.6) is 0 Å². The Morgan fingerprint density at radius 1 is 1.50 bits per heavy atom. The van der Waals surface area contributed by atoms with E-state index in [4.69, 9.17) is 18.0 Å². The smallest absolute Gasteiger partial charge is 0.216 e. The quantitative estimate of drug-likeness (QED) is 0.803. The van der Waals surface area contributed by atoms with Gasteiger partial charge in [-0.15, -0.1) is 0 Å². The topological polar surface area (TPSA) is 72.2 Å². The highest BCUT2D eigenvalue weighted by Gasteiger charge is 2.20. The van der Waals surface area contributed by atoms with E-state index in [0.717, 1.165) is 24.3 Å². The lowest BCUT2D eigenvalue weighted by Crippen LogP contribution is -2.38. The average Bonchev–Trinajstić information content (AvgIpc) is 2.39. The van der Waals surface area contributed by atoms with Crippen molar-refractivity contribution < 1.29 is 8.42 Å². The maximum absolute atomic E-state index is 12.2. The number of thioether (sulfide) groups is 1. The molecule has 1 unspecified atom stereocenters. The van der Waals surface area contributed by atoms with Gasteiger partial charge in [-0.1, -0.05) is 30.4 Å². The van der Waals surface area contributed by atoms with Crippen molar-refractivity contribution in [1.29, 1.82) is 0 Å². The number of benzene rings is 1. The summed E-state index contributed by atoms with van der Waals surface area (Å²) in [4.78, 5) is 0.279. The second-order valence-electron chi connectivity index (χ2n) is 4.86. The largest absolute Gasteiger partial charge is 0.389 e. The van der Waals surface area contributed by atoms with Crippen LogP contribution in [0.1, 0.15) is 24.0 Å². The number of hydrogen-bond acceptors (Lipinski definition) is 4. The lowest BCUT2D eigenvalue weighted by molar-refractivity contribution is 0.542. The Kier molecular flexibility index (Phi) is 5.42. The first-order valence-electron chi connectivity index (χ1n) is 6.43. The molecule has 7 heteroatoms. The average molecular weight is 331 g/mol. The predicted molar refractivity (Wildman–Crippen MR) is 88.4 cm³/mol. The van der Waals surface area contributed by atoms with Gasteiger partial charge in [0.1, 0.15) is 4.99 Å². The summed E-state index contributed by atoms with van der Waals surface area (Å²) in [7, 11) is -3.32. The van der Waals surface area contributed by atoms with Crippen molar-refractivity contribution in [3.05, 3.63) is 35.4 Å². The Bertz CT molecular complexity index is 581. The normalized spacial score (nSPS) is 19.7. The summed E-state index contributed by atoms with van der Waals surface area (Å²) in [5.74, 6) is 1.94. The molecule has 0 aromatic heterocycles. The molecule has 0 radical (unpaired) electrons. The first-order chi connectivity index (χ1) is 9.46. The molecule has 1 aromatic carbocycles. The molecule has 0 spiro atoms. The molecule has 1 aliphatic heterocycles. The van der Waals surface area contributed by atoms with E-state index in [0.29, 0.717) is 11.1 Å². The van der Waals surface area contributed by atoms with E-state index in [1.807, 2.05) is 0 Å². The molecule has 1 aromatic rings. The molecule has 3 N–H and O–H groups in total. The Hall–Kier alpha value is -0.630. The Morgan fingerprint density at radius 2 is 2.30 bits per heavy atom. The number of sulfonamides is 1. The van der Waals surface area contributed by atoms with Crippen LogP contribution in [0.4, 0.5) is 0 Å². The van der Waals surface area contributed by atoms with Crippen LogP contribution in [0, 0.1) is 0 Å². The molecule has 2 rings (SSSR count). The van der Waals surface area contributed by atoms with E-state index in [-0.39, 0.29) is 16.8 Å². The fourth-order valence-electron chi connectivity index (χ4n) is 2.16. The van der Waals surface area contributed by atoms with Crippen LogP contribution >= 0.6 is 24.0 Å². The molecule has 110 valence electrons. The maximum Gasteiger partial charge on any atom is 0.216 e. The summed E-state index contributed by atoms with van der Waals surface area (Å²) >= 11 is 6.70. The van der Waals surface area contributed by atoms with Gasteiger partial charge in [0.15, 0.2) is 0 Å². The third-order valence-corrected chi connectivity index (χ3v) is 5.93. The van der Waals surface area contributed by atoms with Crippen LogP contribution in [-0.4, -0.2) is 31.0 Å². The number of thiocarbonyl (C=S) groups is 1. The highest BCUT2D eigenvalue weighted by Crippen LogP contribution is 2.18. The Morgan fingerprint density at radius 3 is 2.95 bits per heavy atom. The molecular formula is C13H18N2O2S3. The van der Waals surface area contributed by atoms with Gasteiger partial charge in [-0.3, -0.25) is 0 Å². The monoisotopic (exact) mass is 330 g/mol. The standard InChI is InChI=1S/C13H18N2O2S3/c14-13(18)11-4-1-3-10(7-11)9-20(16,17)15-12-5-2-6-19-8-12/h1,3-4,7,12,15H,2,5-6,8-9H2,(H2,14,18). The highest BCUT2D eigenvalue weighted by molar-refractivity contribution is 7.99. The molecule has 20 heavy (non-hydrogen) atoms. The first-order valence-corrected chi connectivity index (χ1v) is 9.64. The van der Waals surface area contributed by atoms with Crippen LogP contribution in [0.15, 0.2) is 24.3 Å². The van der Waals surface area contributed by atoms with Crippen molar-refractivity contribution >= 4 is 39.0 Å². The van der Waals surface area contributed by atoms with Gasteiger partial charge >= 0.3 is 0 Å². The molecule has 4 nitrogen and oxygen atoms in total. The van der Waals surface area contributed by atoms with E-state index in [9.17, 15) is 8.42 Å². The van der Waals surface area contributed by atoms with Crippen LogP contribution in [0.2, 0.25) is 0 Å². The van der Waals surface area contributed by atoms with E-state index in [2.05, 4.69) is 4.72 Å². The number of nitrogens with two attached hydrogens (primary N) is 1. The predicted octanol–water partition coefficient (Wildman–Crippen LogP) is 1.64. The van der Waals surface area contributed by atoms with Gasteiger partial charge in [-0.25, -0.2) is 13.1 Å². The summed E-state index contributed by atoms with van der Waals surface area (Å²) in [6.45, 7) is 0. The van der Waals surface area contributed by atoms with E-state index in [1.165, 1.54) is 0 Å². The minimum absolute atomic E-state index is 0.0371. The molecule has 1 aliphatic rings. The lowest BCUT2D eigenvalue weighted by atomic mass is 10.1. The highest BCUT2D eigenvalue weighted by atomic mass is 32.2. The molecule has 1 atom stereocenters. The molecule has 0 bridgehead atoms. The van der Waals surface area contributed by atoms with Gasteiger partial charge in [0.25, 0.3) is 0 Å². The van der Waals surface area contributed by atoms with Crippen molar-refractivity contribution in [2.75, 3.05) is 11.5 Å². The van der Waals surface area contributed by atoms with Crippen LogP contribution in [0.3, 0.4) is 0 Å². The maximum atomic E-state index is 12.2. The summed E-state index contributed by atoms with van der Waals surface area (Å²) in [6.07, 6.45) is 1.98. The number of hydrogen-bond donors (Lipinski definition) is 2. The van der Waals surface area contributed by atoms with Gasteiger partial charge in [0.05, 0.1) is 5.75 Å². The first kappa shape index (κ1) is 15.8. The molecule has 1 fully saturated rings. The van der Waals surface area contributed by atoms with Crippen molar-refractivity contribution in [3.63, 3.8) is 0 Å². The van der Waals surface area contributed by atoms with Crippen molar-refractivity contribution in [1.82, 2.24) is 4.72 Å². The van der Waals surface area contributed by atoms with Crippen LogP contribution in [0.25, 0.3) is 0 Å². The molecule has 0 saturated carbocycles. The van der Waals surface area contributed by atoms with Gasteiger partial charge in [0, 0.05) is 17.4 Å². The molecule has 0 amide bonds. The van der Waals surface area contributed by atoms with Gasteiger partial charge in [0.2, 0.25) is 10.0 Å². The van der Waals surface area contributed by atoms with Gasteiger partial charge < -0.3 is 5.73 Å². The molecule has 0 aliphatic carbocycles. The van der Waals surface area contributed by atoms with E-state index >= 15 is 0 Å². The fourth-order valence-corrected chi connectivity index (χ4v) is 4.88. The van der Waals surface area contributed by atoms with Crippen LogP contribution in [-0.2, 0) is 15.8 Å². The zero-order valence-electron chi connectivity index (χ0n) is 11.0. The van der Waals surface area contributed by atoms with E-state index in [1.54, 1.807) is 36.0 Å². The lowest BCUT2D eigenvalue weighted by Gasteiger charge is -2.22. The third kappa shape index (κ3) is 4.73. The summed E-state index contributed by atoms with van der Waals surface area (Å²) < 4.78 is 27.1. The Labute approximate surface area is 129 Å². The fraction of sp³-hybridized carbons (Fsp3) is 0.462. The third-order valence-electron chi connectivity index (χ3n) is 3.07. The second-order valence-corrected chi connectivity index (χ2v) is 8.20. The van der Waals surface area contributed by atoms with Crippen molar-refractivity contribution in [3.8, 4) is 0 Å².